The average Bonchev–Trinajstić information content (AvgIpc) is 3.14. The Bertz CT molecular complexity index is 1050. The van der Waals surface area contributed by atoms with Crippen LogP contribution in [0.1, 0.15) is 25.5 Å². The molecule has 29 heavy (non-hydrogen) atoms. The van der Waals surface area contributed by atoms with E-state index in [1.165, 1.54) is 17.4 Å². The first-order valence-corrected chi connectivity index (χ1v) is 10.7. The molecule has 3 aromatic rings. The topological polar surface area (TPSA) is 86.6 Å². The molecule has 1 saturated heterocycles. The van der Waals surface area contributed by atoms with E-state index in [0.29, 0.717) is 29.8 Å². The fourth-order valence-corrected chi connectivity index (χ4v) is 4.37. The van der Waals surface area contributed by atoms with Crippen LogP contribution in [0.5, 0.6) is 0 Å². The van der Waals surface area contributed by atoms with E-state index in [2.05, 4.69) is 32.2 Å². The van der Waals surface area contributed by atoms with Crippen molar-refractivity contribution in [1.29, 1.82) is 0 Å². The lowest BCUT2D eigenvalue weighted by atomic mass is 10.1. The van der Waals surface area contributed by atoms with Gasteiger partial charge < -0.3 is 9.80 Å². The number of carbonyl (C=O) groups excluding carboxylic acids is 1. The molecule has 0 aliphatic carbocycles. The molecule has 0 bridgehead atoms. The molecule has 0 spiro atoms. The molecule has 0 unspecified atom stereocenters. The van der Waals surface area contributed by atoms with Crippen LogP contribution < -0.4 is 10.5 Å². The number of H-pyrrole nitrogens is 1. The highest BCUT2D eigenvalue weighted by atomic mass is 32.2. The first-order chi connectivity index (χ1) is 14.0. The van der Waals surface area contributed by atoms with Crippen molar-refractivity contribution in [1.82, 2.24) is 24.5 Å². The molecular formula is C20H24N6O2S. The smallest absolute Gasteiger partial charge is 0.252 e. The summed E-state index contributed by atoms with van der Waals surface area (Å²) in [6.45, 7) is 7.10. The molecule has 2 aromatic heterocycles. The fraction of sp³-hybridized carbons (Fsp3) is 0.400. The van der Waals surface area contributed by atoms with Gasteiger partial charge in [0, 0.05) is 43.6 Å². The number of nitrogens with zero attached hydrogens (tertiary/aromatic N) is 5. The quantitative estimate of drug-likeness (QED) is 0.645. The molecule has 9 heteroatoms. The van der Waals surface area contributed by atoms with Crippen LogP contribution in [0.25, 0.3) is 5.78 Å². The first kappa shape index (κ1) is 19.5. The molecule has 0 radical (unpaired) electrons. The highest BCUT2D eigenvalue weighted by Gasteiger charge is 2.22. The monoisotopic (exact) mass is 412 g/mol. The molecular weight excluding hydrogens is 388 g/mol. The zero-order valence-corrected chi connectivity index (χ0v) is 17.4. The van der Waals surface area contributed by atoms with Crippen molar-refractivity contribution in [2.45, 2.75) is 24.9 Å². The van der Waals surface area contributed by atoms with Gasteiger partial charge in [0.15, 0.2) is 5.16 Å². The second kappa shape index (κ2) is 8.28. The number of amides is 1. The molecule has 1 N–H and O–H groups in total. The van der Waals surface area contributed by atoms with E-state index in [1.54, 1.807) is 6.07 Å². The largest absolute Gasteiger partial charge is 0.368 e. The fourth-order valence-electron chi connectivity index (χ4n) is 3.52. The number of carbonyl (C=O) groups is 1. The molecule has 0 saturated carbocycles. The highest BCUT2D eigenvalue weighted by molar-refractivity contribution is 7.99. The summed E-state index contributed by atoms with van der Waals surface area (Å²) in [7, 11) is 0. The lowest BCUT2D eigenvalue weighted by Crippen LogP contribution is -2.49. The number of hydrogen-bond donors (Lipinski definition) is 1. The number of hydrogen-bond acceptors (Lipinski definition) is 6. The number of fused-ring (bicyclic) bond motifs is 1. The van der Waals surface area contributed by atoms with E-state index in [0.717, 1.165) is 18.8 Å². The van der Waals surface area contributed by atoms with E-state index < -0.39 is 0 Å². The van der Waals surface area contributed by atoms with Gasteiger partial charge in [-0.05, 0) is 18.1 Å². The standard InChI is InChI=1S/C20H24N6O2S/c1-14(2)16-12-17(27)21-19-22-23-20(26(16)19)29-13-18(28)25-10-8-24(9-11-25)15-6-4-3-5-7-15/h3-7,12,14H,8-11,13H2,1-2H3,(H,21,22,27). The molecule has 1 amide bonds. The molecule has 1 aliphatic rings. The first-order valence-electron chi connectivity index (χ1n) is 9.72. The minimum Gasteiger partial charge on any atom is -0.368 e. The summed E-state index contributed by atoms with van der Waals surface area (Å²) in [5.74, 6) is 0.933. The number of anilines is 1. The summed E-state index contributed by atoms with van der Waals surface area (Å²) in [6.07, 6.45) is 0. The van der Waals surface area contributed by atoms with Gasteiger partial charge in [-0.2, -0.15) is 0 Å². The third kappa shape index (κ3) is 4.14. The van der Waals surface area contributed by atoms with Crippen LogP contribution in [0.4, 0.5) is 5.69 Å². The minimum absolute atomic E-state index is 0.0926. The number of para-hydroxylation sites is 1. The summed E-state index contributed by atoms with van der Waals surface area (Å²) in [4.78, 5) is 31.4. The summed E-state index contributed by atoms with van der Waals surface area (Å²) in [5, 5.41) is 8.86. The van der Waals surface area contributed by atoms with Crippen LogP contribution in [0.3, 0.4) is 0 Å². The van der Waals surface area contributed by atoms with Crippen LogP contribution >= 0.6 is 11.8 Å². The zero-order valence-electron chi connectivity index (χ0n) is 16.5. The Labute approximate surface area is 172 Å². The highest BCUT2D eigenvalue weighted by Crippen LogP contribution is 2.22. The van der Waals surface area contributed by atoms with Crippen LogP contribution in [0, 0.1) is 0 Å². The van der Waals surface area contributed by atoms with Crippen molar-refractivity contribution in [3.8, 4) is 0 Å². The number of benzene rings is 1. The molecule has 1 fully saturated rings. The lowest BCUT2D eigenvalue weighted by molar-refractivity contribution is -0.128. The van der Waals surface area contributed by atoms with Gasteiger partial charge in [0.05, 0.1) is 5.75 Å². The van der Waals surface area contributed by atoms with E-state index in [4.69, 9.17) is 0 Å². The van der Waals surface area contributed by atoms with Gasteiger partial charge in [0.25, 0.3) is 5.56 Å². The lowest BCUT2D eigenvalue weighted by Gasteiger charge is -2.36. The van der Waals surface area contributed by atoms with E-state index in [9.17, 15) is 9.59 Å². The van der Waals surface area contributed by atoms with Crippen LogP contribution in [-0.4, -0.2) is 62.3 Å². The van der Waals surface area contributed by atoms with Gasteiger partial charge in [0.2, 0.25) is 11.7 Å². The number of piperazine rings is 1. The maximum absolute atomic E-state index is 12.7. The van der Waals surface area contributed by atoms with Crippen molar-refractivity contribution in [2.75, 3.05) is 36.8 Å². The van der Waals surface area contributed by atoms with Gasteiger partial charge in [-0.1, -0.05) is 43.8 Å². The molecule has 1 aromatic carbocycles. The predicted molar refractivity (Wildman–Crippen MR) is 114 cm³/mol. The normalized spacial score (nSPS) is 14.7. The number of nitrogens with one attached hydrogen (secondary N) is 1. The third-order valence-electron chi connectivity index (χ3n) is 5.08. The Balaban J connectivity index is 1.40. The zero-order chi connectivity index (χ0) is 20.4. The Morgan fingerprint density at radius 3 is 2.55 bits per heavy atom. The Hall–Kier alpha value is -2.81. The van der Waals surface area contributed by atoms with Gasteiger partial charge in [-0.15, -0.1) is 10.2 Å². The summed E-state index contributed by atoms with van der Waals surface area (Å²) < 4.78 is 1.83. The third-order valence-corrected chi connectivity index (χ3v) is 5.99. The van der Waals surface area contributed by atoms with Gasteiger partial charge in [0.1, 0.15) is 0 Å². The van der Waals surface area contributed by atoms with Crippen molar-refractivity contribution in [3.05, 3.63) is 52.4 Å². The molecule has 1 aliphatic heterocycles. The van der Waals surface area contributed by atoms with Crippen LogP contribution in [0.2, 0.25) is 0 Å². The van der Waals surface area contributed by atoms with Crippen molar-refractivity contribution >= 4 is 29.1 Å². The number of aromatic amines is 1. The Morgan fingerprint density at radius 1 is 1.14 bits per heavy atom. The van der Waals surface area contributed by atoms with Crippen molar-refractivity contribution in [2.24, 2.45) is 0 Å². The molecule has 8 nitrogen and oxygen atoms in total. The Kier molecular flexibility index (Phi) is 5.57. The average molecular weight is 413 g/mol. The van der Waals surface area contributed by atoms with Gasteiger partial charge in [-0.3, -0.25) is 19.0 Å². The van der Waals surface area contributed by atoms with E-state index in [1.807, 2.05) is 41.3 Å². The summed E-state index contributed by atoms with van der Waals surface area (Å²) in [6, 6.07) is 11.8. The molecule has 4 rings (SSSR count). The van der Waals surface area contributed by atoms with E-state index in [-0.39, 0.29) is 17.4 Å². The maximum Gasteiger partial charge on any atom is 0.252 e. The maximum atomic E-state index is 12.7. The summed E-state index contributed by atoms with van der Waals surface area (Å²) in [5.41, 5.74) is 1.83. The van der Waals surface area contributed by atoms with Gasteiger partial charge in [-0.25, -0.2) is 0 Å². The Morgan fingerprint density at radius 2 is 1.86 bits per heavy atom. The molecule has 152 valence electrons. The molecule has 3 heterocycles. The number of rotatable bonds is 5. The minimum atomic E-state index is -0.197. The van der Waals surface area contributed by atoms with Crippen LogP contribution in [0.15, 0.2) is 46.3 Å². The van der Waals surface area contributed by atoms with Crippen LogP contribution in [-0.2, 0) is 4.79 Å². The number of aromatic nitrogens is 4. The van der Waals surface area contributed by atoms with Crippen molar-refractivity contribution in [3.63, 3.8) is 0 Å². The van der Waals surface area contributed by atoms with E-state index >= 15 is 0 Å². The second-order valence-corrected chi connectivity index (χ2v) is 8.29. The SMILES string of the molecule is CC(C)c1cc(=O)[nH]c2nnc(SCC(=O)N3CCN(c4ccccc4)CC3)n12. The number of thioether (sulfide) groups is 1. The van der Waals surface area contributed by atoms with Gasteiger partial charge >= 0.3 is 0 Å². The van der Waals surface area contributed by atoms with Crippen molar-refractivity contribution < 1.29 is 4.79 Å². The summed E-state index contributed by atoms with van der Waals surface area (Å²) >= 11 is 1.36. The second-order valence-electron chi connectivity index (χ2n) is 7.35. The molecule has 0 atom stereocenters. The predicted octanol–water partition coefficient (Wildman–Crippen LogP) is 1.98.